The highest BCUT2D eigenvalue weighted by molar-refractivity contribution is 5.97. The van der Waals surface area contributed by atoms with E-state index in [9.17, 15) is 22.0 Å². The third-order valence-corrected chi connectivity index (χ3v) is 11.2. The van der Waals surface area contributed by atoms with Gasteiger partial charge in [0.05, 0.1) is 29.3 Å². The van der Waals surface area contributed by atoms with Gasteiger partial charge in [-0.15, -0.1) is 0 Å². The van der Waals surface area contributed by atoms with E-state index in [1.807, 2.05) is 18.7 Å². The summed E-state index contributed by atoms with van der Waals surface area (Å²) >= 11 is 0. The summed E-state index contributed by atoms with van der Waals surface area (Å²) in [6.07, 6.45) is -2.54. The lowest BCUT2D eigenvalue weighted by Gasteiger charge is -2.42. The van der Waals surface area contributed by atoms with Gasteiger partial charge in [-0.3, -0.25) is 0 Å². The molecule has 2 saturated carbocycles. The molecule has 2 aliphatic carbocycles. The van der Waals surface area contributed by atoms with Crippen molar-refractivity contribution in [3.8, 4) is 23.1 Å². The number of nitrogens with one attached hydrogen (secondary N) is 1. The van der Waals surface area contributed by atoms with Crippen molar-refractivity contribution in [1.82, 2.24) is 30.2 Å². The maximum Gasteiger partial charge on any atom is 0.418 e. The molecule has 2 saturated heterocycles. The molecule has 4 fully saturated rings. The molecule has 1 unspecified atom stereocenters. The molecular weight excluding hydrogens is 654 g/mol. The number of piperazine rings is 1. The summed E-state index contributed by atoms with van der Waals surface area (Å²) in [5.74, 6) is -3.71. The third kappa shape index (κ3) is 5.40. The minimum Gasteiger partial charge on any atom is -0.472 e. The van der Waals surface area contributed by atoms with Gasteiger partial charge in [0.1, 0.15) is 34.3 Å². The Hall–Kier alpha value is -3.66. The van der Waals surface area contributed by atoms with Crippen LogP contribution in [0, 0.1) is 23.6 Å². The molecule has 0 radical (unpaired) electrons. The van der Waals surface area contributed by atoms with Crippen molar-refractivity contribution in [3.05, 3.63) is 23.1 Å². The monoisotopic (exact) mass is 692 g/mol. The zero-order chi connectivity index (χ0) is 34.7. The Labute approximate surface area is 278 Å². The van der Waals surface area contributed by atoms with E-state index in [0.29, 0.717) is 45.0 Å². The summed E-state index contributed by atoms with van der Waals surface area (Å²) in [5, 5.41) is 3.64. The maximum absolute atomic E-state index is 16.8. The van der Waals surface area contributed by atoms with E-state index < -0.39 is 51.9 Å². The smallest absolute Gasteiger partial charge is 0.418 e. The van der Waals surface area contributed by atoms with E-state index in [-0.39, 0.29) is 59.1 Å². The molecule has 264 valence electrons. The Morgan fingerprint density at radius 3 is 2.55 bits per heavy atom. The Balaban J connectivity index is 1.21. The highest BCUT2D eigenvalue weighted by Crippen LogP contribution is 2.65. The maximum atomic E-state index is 16.8. The molecule has 6 heterocycles. The first-order chi connectivity index (χ1) is 23.1. The quantitative estimate of drug-likeness (QED) is 0.314. The van der Waals surface area contributed by atoms with Crippen LogP contribution in [0.15, 0.2) is 6.07 Å². The molecule has 5 aliphatic rings. The number of anilines is 2. The Kier molecular flexibility index (Phi) is 7.25. The van der Waals surface area contributed by atoms with Crippen molar-refractivity contribution in [1.29, 1.82) is 0 Å². The highest BCUT2D eigenvalue weighted by Gasteiger charge is 2.72. The molecule has 0 aromatic carbocycles. The van der Waals surface area contributed by atoms with Crippen LogP contribution in [-0.2, 0) is 6.18 Å². The summed E-state index contributed by atoms with van der Waals surface area (Å²) in [6, 6.07) is 0.640. The van der Waals surface area contributed by atoms with Crippen LogP contribution in [-0.4, -0.2) is 88.3 Å². The van der Waals surface area contributed by atoms with E-state index >= 15 is 4.39 Å². The fourth-order valence-corrected chi connectivity index (χ4v) is 8.04. The summed E-state index contributed by atoms with van der Waals surface area (Å²) in [5.41, 5.74) is 1.59. The number of nitrogens with zero attached hydrogens (tertiary/aromatic N) is 6. The zero-order valence-electron chi connectivity index (χ0n) is 27.4. The molecular formula is C33H38F6N8O2. The number of halogens is 6. The summed E-state index contributed by atoms with van der Waals surface area (Å²) < 4.78 is 100. The number of aryl methyl sites for hydroxylation is 1. The van der Waals surface area contributed by atoms with E-state index in [1.54, 1.807) is 0 Å². The van der Waals surface area contributed by atoms with Gasteiger partial charge >= 0.3 is 12.2 Å². The predicted molar refractivity (Wildman–Crippen MR) is 168 cm³/mol. The number of rotatable bonds is 7. The van der Waals surface area contributed by atoms with Crippen molar-refractivity contribution in [2.45, 2.75) is 83.2 Å². The number of likely N-dealkylation sites (tertiary alicyclic amines) is 1. The Morgan fingerprint density at radius 2 is 1.90 bits per heavy atom. The number of hydrogen-bond acceptors (Lipinski definition) is 10. The molecule has 3 N–H and O–H groups in total. The van der Waals surface area contributed by atoms with E-state index in [0.717, 1.165) is 32.3 Å². The molecule has 3 aliphatic heterocycles. The predicted octanol–water partition coefficient (Wildman–Crippen LogP) is 5.36. The number of fused-ring (bicyclic) bond motifs is 2. The Morgan fingerprint density at radius 1 is 1.14 bits per heavy atom. The zero-order valence-corrected chi connectivity index (χ0v) is 27.4. The minimum absolute atomic E-state index is 0.0670. The van der Waals surface area contributed by atoms with Crippen LogP contribution in [0.25, 0.3) is 22.2 Å². The normalized spacial score (nSPS) is 28.3. The lowest BCUT2D eigenvalue weighted by molar-refractivity contribution is -0.137. The molecule has 49 heavy (non-hydrogen) atoms. The Bertz CT molecular complexity index is 1840. The van der Waals surface area contributed by atoms with Gasteiger partial charge in [0, 0.05) is 49.6 Å². The molecule has 3 aromatic rings. The number of ether oxygens (including phenoxy) is 2. The van der Waals surface area contributed by atoms with Gasteiger partial charge in [0.2, 0.25) is 5.88 Å². The first-order valence-electron chi connectivity index (χ1n) is 16.8. The van der Waals surface area contributed by atoms with Crippen LogP contribution in [0.5, 0.6) is 11.9 Å². The van der Waals surface area contributed by atoms with Gasteiger partial charge in [-0.05, 0) is 52.1 Å². The average Bonchev–Trinajstić information content (AvgIpc) is 3.87. The van der Waals surface area contributed by atoms with Crippen LogP contribution in [0.4, 0.5) is 38.0 Å². The number of nitrogens with two attached hydrogens (primary N) is 1. The fraction of sp³-hybridized carbons (Fsp3) is 0.636. The standard InChI is InChI=1S/C33H38F6N8O2/c1-4-18-11-47-20(10-41-18)17(3)49-28-22-26(24(34)25(43-28)19-9-21(40)42-16(2)23(19)33(37,38)39)44-29(45-27(22)47)48-15-30(5-6-30)13-46-8-7-31(14-46)12-32(31,35)36/h9,17-18,20,41H,4-8,10-15H2,1-3H3,(H2,40,42)/t17-,18+,20-,31?/m0/s1. The molecule has 16 heteroatoms. The van der Waals surface area contributed by atoms with Gasteiger partial charge in [-0.25, -0.2) is 23.1 Å². The fourth-order valence-electron chi connectivity index (χ4n) is 8.04. The van der Waals surface area contributed by atoms with Crippen LogP contribution in [0.3, 0.4) is 0 Å². The second kappa shape index (κ2) is 10.9. The lowest BCUT2D eigenvalue weighted by Crippen LogP contribution is -2.60. The van der Waals surface area contributed by atoms with Gasteiger partial charge in [-0.1, -0.05) is 6.92 Å². The molecule has 8 rings (SSSR count). The van der Waals surface area contributed by atoms with E-state index in [1.165, 1.54) is 0 Å². The van der Waals surface area contributed by atoms with Crippen LogP contribution in [0.1, 0.15) is 57.2 Å². The lowest BCUT2D eigenvalue weighted by atomic mass is 10.0. The number of alkyl halides is 5. The molecule has 1 spiro atoms. The SMILES string of the molecule is CC[C@@H]1CN2c3nc(OCC4(CN5CCC6(C5)CC6(F)F)CC4)nc4c(F)c(-c5cc(N)nc(C)c5C(F)(F)F)nc(c34)O[C@@H](C)[C@@H]2CN1. The average molecular weight is 693 g/mol. The second-order valence-electron chi connectivity index (χ2n) is 14.7. The minimum atomic E-state index is -4.89. The largest absolute Gasteiger partial charge is 0.472 e. The van der Waals surface area contributed by atoms with Gasteiger partial charge < -0.3 is 30.3 Å². The molecule has 10 nitrogen and oxygen atoms in total. The van der Waals surface area contributed by atoms with Crippen LogP contribution in [0.2, 0.25) is 0 Å². The number of nitrogen functional groups attached to an aromatic ring is 1. The van der Waals surface area contributed by atoms with E-state index in [2.05, 4.69) is 25.2 Å². The highest BCUT2D eigenvalue weighted by atomic mass is 19.4. The van der Waals surface area contributed by atoms with Crippen LogP contribution >= 0.6 is 0 Å². The van der Waals surface area contributed by atoms with Crippen molar-refractivity contribution in [2.75, 3.05) is 50.0 Å². The molecule has 3 aromatic heterocycles. The molecule has 0 amide bonds. The topological polar surface area (TPSA) is 115 Å². The number of aromatic nitrogens is 4. The first-order valence-corrected chi connectivity index (χ1v) is 16.8. The summed E-state index contributed by atoms with van der Waals surface area (Å²) in [6.45, 7) is 7.76. The van der Waals surface area contributed by atoms with Gasteiger partial charge in [0.25, 0.3) is 5.92 Å². The number of hydrogen-bond donors (Lipinski definition) is 2. The number of pyridine rings is 2. The van der Waals surface area contributed by atoms with E-state index in [4.69, 9.17) is 20.2 Å². The summed E-state index contributed by atoms with van der Waals surface area (Å²) in [4.78, 5) is 21.5. The molecule has 0 bridgehead atoms. The van der Waals surface area contributed by atoms with Crippen molar-refractivity contribution in [2.24, 2.45) is 10.8 Å². The summed E-state index contributed by atoms with van der Waals surface area (Å²) in [7, 11) is 0. The third-order valence-electron chi connectivity index (χ3n) is 11.2. The first kappa shape index (κ1) is 32.5. The van der Waals surface area contributed by atoms with Crippen molar-refractivity contribution in [3.63, 3.8) is 0 Å². The second-order valence-corrected chi connectivity index (χ2v) is 14.7. The van der Waals surface area contributed by atoms with Gasteiger partial charge in [-0.2, -0.15) is 23.1 Å². The molecule has 4 atom stereocenters. The van der Waals surface area contributed by atoms with Crippen molar-refractivity contribution >= 4 is 22.5 Å². The van der Waals surface area contributed by atoms with Crippen LogP contribution < -0.4 is 25.4 Å². The van der Waals surface area contributed by atoms with Gasteiger partial charge in [0.15, 0.2) is 5.82 Å². The van der Waals surface area contributed by atoms with Crippen molar-refractivity contribution < 1.29 is 35.8 Å².